The van der Waals surface area contributed by atoms with Crippen LogP contribution in [0.5, 0.6) is 0 Å². The van der Waals surface area contributed by atoms with Crippen molar-refractivity contribution < 1.29 is 0 Å². The maximum atomic E-state index is 3.58. The Balaban J connectivity index is 2.04. The summed E-state index contributed by atoms with van der Waals surface area (Å²) in [4.78, 5) is 0. The Bertz CT molecular complexity index is 255. The largest absolute Gasteiger partial charge is 0.0925 e. The number of hydrogen-bond acceptors (Lipinski definition) is 0. The first-order valence-corrected chi connectivity index (χ1v) is 6.13. The van der Waals surface area contributed by atoms with E-state index in [-0.39, 0.29) is 0 Å². The lowest BCUT2D eigenvalue weighted by molar-refractivity contribution is 0.610. The van der Waals surface area contributed by atoms with Crippen LogP contribution in [0, 0.1) is 5.92 Å². The summed E-state index contributed by atoms with van der Waals surface area (Å²) in [7, 11) is 0. The molecule has 2 rings (SSSR count). The van der Waals surface area contributed by atoms with Crippen molar-refractivity contribution in [3.63, 3.8) is 0 Å². The molecule has 1 heteroatoms. The summed E-state index contributed by atoms with van der Waals surface area (Å²) >= 11 is 3.58. The van der Waals surface area contributed by atoms with Crippen molar-refractivity contribution >= 4 is 15.9 Å². The SMILES string of the molecule is BrC[C@@H]1CC[C@@H](c2ccccc2)C1. The van der Waals surface area contributed by atoms with Gasteiger partial charge in [0.2, 0.25) is 0 Å². The minimum absolute atomic E-state index is 0.823. The van der Waals surface area contributed by atoms with Gasteiger partial charge in [0.05, 0.1) is 0 Å². The molecule has 70 valence electrons. The van der Waals surface area contributed by atoms with Crippen LogP contribution in [0.4, 0.5) is 0 Å². The van der Waals surface area contributed by atoms with E-state index in [9.17, 15) is 0 Å². The monoisotopic (exact) mass is 238 g/mol. The van der Waals surface area contributed by atoms with Crippen LogP contribution in [0.1, 0.15) is 30.7 Å². The highest BCUT2D eigenvalue weighted by Crippen LogP contribution is 2.38. The summed E-state index contributed by atoms with van der Waals surface area (Å²) in [6.45, 7) is 0. The Labute approximate surface area is 88.5 Å². The molecule has 0 heterocycles. The highest BCUT2D eigenvalue weighted by molar-refractivity contribution is 9.09. The Morgan fingerprint density at radius 1 is 1.15 bits per heavy atom. The Morgan fingerprint density at radius 2 is 1.92 bits per heavy atom. The first-order chi connectivity index (χ1) is 6.40. The zero-order valence-corrected chi connectivity index (χ0v) is 9.33. The number of benzene rings is 1. The van der Waals surface area contributed by atoms with E-state index in [1.807, 2.05) is 0 Å². The summed E-state index contributed by atoms with van der Waals surface area (Å²) in [6, 6.07) is 10.9. The standard InChI is InChI=1S/C12H15Br/c13-9-10-6-7-12(8-10)11-4-2-1-3-5-11/h1-5,10,12H,6-9H2/t10-,12-/m1/s1. The zero-order valence-electron chi connectivity index (χ0n) is 7.75. The van der Waals surface area contributed by atoms with E-state index in [1.54, 1.807) is 0 Å². The van der Waals surface area contributed by atoms with Crippen LogP contribution >= 0.6 is 15.9 Å². The maximum Gasteiger partial charge on any atom is 0.00598 e. The Kier molecular flexibility index (Phi) is 3.05. The summed E-state index contributed by atoms with van der Waals surface area (Å²) in [5, 5.41) is 1.18. The lowest BCUT2D eigenvalue weighted by Crippen LogP contribution is -1.96. The van der Waals surface area contributed by atoms with Gasteiger partial charge in [0.15, 0.2) is 0 Å². The van der Waals surface area contributed by atoms with Crippen LogP contribution in [0.15, 0.2) is 30.3 Å². The fourth-order valence-corrected chi connectivity index (χ4v) is 2.83. The zero-order chi connectivity index (χ0) is 9.10. The topological polar surface area (TPSA) is 0 Å². The lowest BCUT2D eigenvalue weighted by Gasteiger charge is -2.09. The second-order valence-electron chi connectivity index (χ2n) is 3.94. The van der Waals surface area contributed by atoms with E-state index in [2.05, 4.69) is 46.3 Å². The molecule has 13 heavy (non-hydrogen) atoms. The molecule has 1 aliphatic carbocycles. The van der Waals surface area contributed by atoms with E-state index < -0.39 is 0 Å². The van der Waals surface area contributed by atoms with Crippen LogP contribution in [0.25, 0.3) is 0 Å². The van der Waals surface area contributed by atoms with Gasteiger partial charge >= 0.3 is 0 Å². The molecular weight excluding hydrogens is 224 g/mol. The summed E-state index contributed by atoms with van der Waals surface area (Å²) in [5.41, 5.74) is 1.53. The van der Waals surface area contributed by atoms with Crippen molar-refractivity contribution in [1.82, 2.24) is 0 Å². The Morgan fingerprint density at radius 3 is 2.54 bits per heavy atom. The summed E-state index contributed by atoms with van der Waals surface area (Å²) in [5.74, 6) is 1.73. The fourth-order valence-electron chi connectivity index (χ4n) is 2.24. The average molecular weight is 239 g/mol. The highest BCUT2D eigenvalue weighted by atomic mass is 79.9. The summed E-state index contributed by atoms with van der Waals surface area (Å²) in [6.07, 6.45) is 4.14. The van der Waals surface area contributed by atoms with E-state index in [4.69, 9.17) is 0 Å². The van der Waals surface area contributed by atoms with Gasteiger partial charge in [-0.25, -0.2) is 0 Å². The van der Waals surface area contributed by atoms with Gasteiger partial charge in [0.1, 0.15) is 0 Å². The molecule has 0 aromatic heterocycles. The van der Waals surface area contributed by atoms with Crippen molar-refractivity contribution in [2.45, 2.75) is 25.2 Å². The van der Waals surface area contributed by atoms with Gasteiger partial charge in [-0.3, -0.25) is 0 Å². The molecule has 0 spiro atoms. The minimum Gasteiger partial charge on any atom is -0.0925 e. The third-order valence-corrected chi connectivity index (χ3v) is 3.95. The van der Waals surface area contributed by atoms with Gasteiger partial charge in [-0.2, -0.15) is 0 Å². The second-order valence-corrected chi connectivity index (χ2v) is 4.59. The molecule has 1 saturated carbocycles. The first-order valence-electron chi connectivity index (χ1n) is 5.01. The molecule has 0 N–H and O–H groups in total. The van der Waals surface area contributed by atoms with Gasteiger partial charge < -0.3 is 0 Å². The van der Waals surface area contributed by atoms with E-state index in [0.29, 0.717) is 0 Å². The van der Waals surface area contributed by atoms with Crippen molar-refractivity contribution in [2.75, 3.05) is 5.33 Å². The van der Waals surface area contributed by atoms with Crippen molar-refractivity contribution in [3.05, 3.63) is 35.9 Å². The molecule has 1 aliphatic rings. The molecule has 1 aromatic carbocycles. The quantitative estimate of drug-likeness (QED) is 0.685. The molecule has 0 nitrogen and oxygen atoms in total. The minimum atomic E-state index is 0.823. The van der Waals surface area contributed by atoms with E-state index >= 15 is 0 Å². The molecule has 0 aliphatic heterocycles. The van der Waals surface area contributed by atoms with E-state index in [0.717, 1.165) is 11.8 Å². The number of alkyl halides is 1. The van der Waals surface area contributed by atoms with Gasteiger partial charge in [-0.15, -0.1) is 0 Å². The number of halogens is 1. The normalized spacial score (nSPS) is 27.8. The van der Waals surface area contributed by atoms with Gasteiger partial charge in [0.25, 0.3) is 0 Å². The lowest BCUT2D eigenvalue weighted by atomic mass is 9.97. The predicted octanol–water partition coefficient (Wildman–Crippen LogP) is 3.97. The van der Waals surface area contributed by atoms with E-state index in [1.165, 1.54) is 30.2 Å². The van der Waals surface area contributed by atoms with Crippen LogP contribution in [-0.4, -0.2) is 5.33 Å². The first kappa shape index (κ1) is 9.26. The average Bonchev–Trinajstić information content (AvgIpc) is 2.67. The number of hydrogen-bond donors (Lipinski definition) is 0. The van der Waals surface area contributed by atoms with Gasteiger partial charge in [-0.1, -0.05) is 46.3 Å². The molecule has 0 unspecified atom stereocenters. The van der Waals surface area contributed by atoms with Crippen molar-refractivity contribution in [2.24, 2.45) is 5.92 Å². The third-order valence-electron chi connectivity index (χ3n) is 3.03. The molecule has 0 bridgehead atoms. The molecule has 0 saturated heterocycles. The summed E-state index contributed by atoms with van der Waals surface area (Å²) < 4.78 is 0. The van der Waals surface area contributed by atoms with Crippen LogP contribution in [0.3, 0.4) is 0 Å². The van der Waals surface area contributed by atoms with Gasteiger partial charge in [-0.05, 0) is 36.7 Å². The van der Waals surface area contributed by atoms with Gasteiger partial charge in [0, 0.05) is 5.33 Å². The fraction of sp³-hybridized carbons (Fsp3) is 0.500. The molecule has 0 amide bonds. The number of rotatable bonds is 2. The smallest absolute Gasteiger partial charge is 0.00598 e. The second kappa shape index (κ2) is 4.28. The van der Waals surface area contributed by atoms with Crippen LogP contribution in [0.2, 0.25) is 0 Å². The molecule has 1 fully saturated rings. The highest BCUT2D eigenvalue weighted by Gasteiger charge is 2.24. The molecular formula is C12H15Br. The predicted molar refractivity (Wildman–Crippen MR) is 60.3 cm³/mol. The van der Waals surface area contributed by atoms with Crippen molar-refractivity contribution in [1.29, 1.82) is 0 Å². The maximum absolute atomic E-state index is 3.58. The Hall–Kier alpha value is -0.300. The molecule has 1 aromatic rings. The van der Waals surface area contributed by atoms with Crippen molar-refractivity contribution in [3.8, 4) is 0 Å². The molecule has 0 radical (unpaired) electrons. The van der Waals surface area contributed by atoms with Crippen LogP contribution < -0.4 is 0 Å². The molecule has 2 atom stereocenters. The van der Waals surface area contributed by atoms with Crippen LogP contribution in [-0.2, 0) is 0 Å². The third kappa shape index (κ3) is 2.14.